The maximum Gasteiger partial charge on any atom is 0.224 e. The van der Waals surface area contributed by atoms with Gasteiger partial charge in [0, 0.05) is 48.2 Å². The van der Waals surface area contributed by atoms with Gasteiger partial charge in [-0.15, -0.1) is 0 Å². The van der Waals surface area contributed by atoms with E-state index in [-0.39, 0.29) is 12.5 Å². The van der Waals surface area contributed by atoms with Gasteiger partial charge in [0.25, 0.3) is 0 Å². The number of rotatable bonds is 8. The number of halogens is 1. The van der Waals surface area contributed by atoms with Crippen LogP contribution in [0.5, 0.6) is 0 Å². The first-order valence-electron chi connectivity index (χ1n) is 12.8. The van der Waals surface area contributed by atoms with Crippen LogP contribution in [0.15, 0.2) is 61.3 Å². The third kappa shape index (κ3) is 5.57. The highest BCUT2D eigenvalue weighted by Gasteiger charge is 2.18. The van der Waals surface area contributed by atoms with Crippen molar-refractivity contribution >= 4 is 43.7 Å². The minimum atomic E-state index is -3.45. The van der Waals surface area contributed by atoms with Crippen molar-refractivity contribution in [3.8, 4) is 33.8 Å². The van der Waals surface area contributed by atoms with Crippen LogP contribution in [0.25, 0.3) is 55.8 Å². The molecule has 5 aromatic heterocycles. The molecule has 1 aromatic carbocycles. The standard InChI is InChI=1S/C28H24FN9O3S/c1-3-24(39)34-20-7-17(10-30-12-20)18-8-21-26(37-38-27(21)32-11-18)28-35-23-14-31-13-22(25(23)36-28)16-4-15(5-19(29)6-16)9-33-42(2,40)41/h4-8,10-14,33H,3,9H2,1-2H3,(H,34,39)(H,35,36)(H,32,37,38). The number of sulfonamides is 1. The molecule has 42 heavy (non-hydrogen) atoms. The van der Waals surface area contributed by atoms with E-state index in [0.717, 1.165) is 17.4 Å². The first-order valence-corrected chi connectivity index (χ1v) is 14.7. The monoisotopic (exact) mass is 585 g/mol. The lowest BCUT2D eigenvalue weighted by Gasteiger charge is -2.07. The summed E-state index contributed by atoms with van der Waals surface area (Å²) in [7, 11) is -3.45. The van der Waals surface area contributed by atoms with Crippen molar-refractivity contribution in [3.05, 3.63) is 72.7 Å². The highest BCUT2D eigenvalue weighted by Crippen LogP contribution is 2.33. The number of aromatic nitrogens is 7. The van der Waals surface area contributed by atoms with E-state index in [1.54, 1.807) is 44.0 Å². The van der Waals surface area contributed by atoms with Crippen LogP contribution in [0.2, 0.25) is 0 Å². The lowest BCUT2D eigenvalue weighted by molar-refractivity contribution is -0.115. The molecule has 0 aliphatic carbocycles. The molecule has 0 radical (unpaired) electrons. The highest BCUT2D eigenvalue weighted by molar-refractivity contribution is 7.88. The lowest BCUT2D eigenvalue weighted by atomic mass is 10.0. The first kappa shape index (κ1) is 27.1. The van der Waals surface area contributed by atoms with Crippen LogP contribution < -0.4 is 10.0 Å². The summed E-state index contributed by atoms with van der Waals surface area (Å²) < 4.78 is 40.0. The number of nitrogens with one attached hydrogen (secondary N) is 4. The number of pyridine rings is 3. The number of carbonyl (C=O) groups excluding carboxylic acids is 1. The smallest absolute Gasteiger partial charge is 0.224 e. The van der Waals surface area contributed by atoms with Gasteiger partial charge in [-0.2, -0.15) is 5.10 Å². The van der Waals surface area contributed by atoms with Crippen LogP contribution in [-0.4, -0.2) is 55.7 Å². The number of benzene rings is 1. The van der Waals surface area contributed by atoms with Gasteiger partial charge in [0.15, 0.2) is 11.5 Å². The Morgan fingerprint density at radius 3 is 2.60 bits per heavy atom. The first-order chi connectivity index (χ1) is 20.2. The average Bonchev–Trinajstić information content (AvgIpc) is 3.59. The summed E-state index contributed by atoms with van der Waals surface area (Å²) in [4.78, 5) is 32.9. The maximum absolute atomic E-state index is 14.5. The molecule has 6 aromatic rings. The zero-order chi connectivity index (χ0) is 29.4. The SMILES string of the molecule is CCC(=O)Nc1cncc(-c2cnc3[nH]nc(-c4nc5c(-c6cc(F)cc(CNS(C)(=O)=O)c6)cncc5[nH]4)c3c2)c1. The summed E-state index contributed by atoms with van der Waals surface area (Å²) in [6.45, 7) is 1.72. The van der Waals surface area contributed by atoms with E-state index >= 15 is 0 Å². The predicted octanol–water partition coefficient (Wildman–Crippen LogP) is 4.16. The Balaban J connectivity index is 1.39. The molecule has 0 aliphatic heterocycles. The molecule has 0 atom stereocenters. The third-order valence-electron chi connectivity index (χ3n) is 6.52. The fraction of sp³-hybridized carbons (Fsp3) is 0.143. The number of aromatic amines is 2. The number of nitrogens with zero attached hydrogens (tertiary/aromatic N) is 5. The van der Waals surface area contributed by atoms with E-state index in [9.17, 15) is 17.6 Å². The Kier molecular flexibility index (Phi) is 6.92. The van der Waals surface area contributed by atoms with Gasteiger partial charge in [-0.25, -0.2) is 27.5 Å². The number of fused-ring (bicyclic) bond motifs is 2. The number of amides is 1. The topological polar surface area (TPSA) is 171 Å². The molecule has 6 rings (SSSR count). The minimum Gasteiger partial charge on any atom is -0.335 e. The normalized spacial score (nSPS) is 11.8. The molecule has 0 bridgehead atoms. The molecular formula is C28H24FN9O3S. The molecule has 5 heterocycles. The predicted molar refractivity (Wildman–Crippen MR) is 156 cm³/mol. The molecule has 0 saturated carbocycles. The zero-order valence-electron chi connectivity index (χ0n) is 22.4. The molecule has 0 unspecified atom stereocenters. The Hall–Kier alpha value is -5.08. The maximum atomic E-state index is 14.5. The van der Waals surface area contributed by atoms with Crippen LogP contribution in [-0.2, 0) is 21.4 Å². The summed E-state index contributed by atoms with van der Waals surface area (Å²) in [6, 6.07) is 8.04. The molecule has 0 fully saturated rings. The van der Waals surface area contributed by atoms with Gasteiger partial charge in [0.2, 0.25) is 15.9 Å². The van der Waals surface area contributed by atoms with E-state index in [2.05, 4.69) is 40.2 Å². The highest BCUT2D eigenvalue weighted by atomic mass is 32.2. The second kappa shape index (κ2) is 10.7. The van der Waals surface area contributed by atoms with Crippen LogP contribution in [0.4, 0.5) is 10.1 Å². The number of hydrogen-bond donors (Lipinski definition) is 4. The van der Waals surface area contributed by atoms with Crippen molar-refractivity contribution in [2.45, 2.75) is 19.9 Å². The van der Waals surface area contributed by atoms with Gasteiger partial charge < -0.3 is 10.3 Å². The number of H-pyrrole nitrogens is 2. The third-order valence-corrected chi connectivity index (χ3v) is 7.19. The molecule has 4 N–H and O–H groups in total. The van der Waals surface area contributed by atoms with Gasteiger partial charge in [0.05, 0.1) is 40.8 Å². The molecule has 12 nitrogen and oxygen atoms in total. The summed E-state index contributed by atoms with van der Waals surface area (Å²) in [5.41, 5.74) is 5.81. The van der Waals surface area contributed by atoms with Crippen molar-refractivity contribution in [1.82, 2.24) is 39.8 Å². The zero-order valence-corrected chi connectivity index (χ0v) is 23.3. The molecule has 212 valence electrons. The van der Waals surface area contributed by atoms with Gasteiger partial charge in [-0.05, 0) is 41.5 Å². The summed E-state index contributed by atoms with van der Waals surface area (Å²) in [5.74, 6) is -0.185. The van der Waals surface area contributed by atoms with E-state index in [1.165, 1.54) is 12.1 Å². The fourth-order valence-electron chi connectivity index (χ4n) is 4.54. The molecule has 0 saturated heterocycles. The Morgan fingerprint density at radius 2 is 1.79 bits per heavy atom. The van der Waals surface area contributed by atoms with E-state index < -0.39 is 15.8 Å². The van der Waals surface area contributed by atoms with Crippen molar-refractivity contribution in [2.24, 2.45) is 0 Å². The van der Waals surface area contributed by atoms with Crippen LogP contribution in [0, 0.1) is 5.82 Å². The number of anilines is 1. The number of hydrogen-bond acceptors (Lipinski definition) is 8. The minimum absolute atomic E-state index is 0.0587. The van der Waals surface area contributed by atoms with Crippen molar-refractivity contribution in [2.75, 3.05) is 11.6 Å². The van der Waals surface area contributed by atoms with E-state index in [0.29, 0.717) is 62.4 Å². The van der Waals surface area contributed by atoms with Crippen molar-refractivity contribution in [3.63, 3.8) is 0 Å². The van der Waals surface area contributed by atoms with Gasteiger partial charge in [0.1, 0.15) is 11.5 Å². The summed E-state index contributed by atoms with van der Waals surface area (Å²) in [6.07, 6.45) is 9.54. The fourth-order valence-corrected chi connectivity index (χ4v) is 4.96. The second-order valence-electron chi connectivity index (χ2n) is 9.67. The second-order valence-corrected chi connectivity index (χ2v) is 11.5. The summed E-state index contributed by atoms with van der Waals surface area (Å²) in [5, 5.41) is 10.9. The summed E-state index contributed by atoms with van der Waals surface area (Å²) >= 11 is 0. The van der Waals surface area contributed by atoms with E-state index in [1.807, 2.05) is 12.1 Å². The van der Waals surface area contributed by atoms with Crippen molar-refractivity contribution in [1.29, 1.82) is 0 Å². The number of imidazole rings is 1. The van der Waals surface area contributed by atoms with E-state index in [4.69, 9.17) is 4.98 Å². The van der Waals surface area contributed by atoms with Crippen LogP contribution in [0.1, 0.15) is 18.9 Å². The van der Waals surface area contributed by atoms with Crippen molar-refractivity contribution < 1.29 is 17.6 Å². The average molecular weight is 586 g/mol. The molecule has 0 spiro atoms. The number of carbonyl (C=O) groups is 1. The molecule has 1 amide bonds. The molecule has 0 aliphatic rings. The Morgan fingerprint density at radius 1 is 0.976 bits per heavy atom. The van der Waals surface area contributed by atoms with Gasteiger partial charge in [-0.3, -0.25) is 19.9 Å². The quantitative estimate of drug-likeness (QED) is 0.206. The molecule has 14 heteroatoms. The van der Waals surface area contributed by atoms with Crippen LogP contribution >= 0.6 is 0 Å². The molecular weight excluding hydrogens is 561 g/mol. The van der Waals surface area contributed by atoms with Gasteiger partial charge >= 0.3 is 0 Å². The largest absolute Gasteiger partial charge is 0.335 e. The van der Waals surface area contributed by atoms with Gasteiger partial charge in [-0.1, -0.05) is 6.92 Å². The lowest BCUT2D eigenvalue weighted by Crippen LogP contribution is -2.21. The Bertz CT molecular complexity index is 2090. The van der Waals surface area contributed by atoms with Crippen LogP contribution in [0.3, 0.4) is 0 Å². The Labute approximate surface area is 238 Å².